The normalized spacial score (nSPS) is 10.8. The van der Waals surface area contributed by atoms with Crippen LogP contribution in [0.2, 0.25) is 0 Å². The first-order valence-electron chi connectivity index (χ1n) is 5.64. The molecule has 0 aliphatic rings. The number of imidazole rings is 1. The van der Waals surface area contributed by atoms with E-state index in [1.807, 2.05) is 48.7 Å². The van der Waals surface area contributed by atoms with Crippen molar-refractivity contribution in [1.82, 2.24) is 9.38 Å². The van der Waals surface area contributed by atoms with Gasteiger partial charge in [-0.15, -0.1) is 0 Å². The van der Waals surface area contributed by atoms with Crippen LogP contribution in [0.5, 0.6) is 0 Å². The van der Waals surface area contributed by atoms with Crippen LogP contribution in [0.4, 0.5) is 0 Å². The average molecular weight is 333 g/mol. The van der Waals surface area contributed by atoms with Gasteiger partial charge in [0.25, 0.3) is 0 Å². The Kier molecular flexibility index (Phi) is 3.40. The maximum absolute atomic E-state index is 11.3. The molecule has 2 heterocycles. The average Bonchev–Trinajstić information content (AvgIpc) is 2.78. The Labute approximate surface area is 122 Å². The monoisotopic (exact) mass is 332 g/mol. The Bertz CT molecular complexity index is 754. The molecule has 0 atom stereocenters. The van der Waals surface area contributed by atoms with Crippen molar-refractivity contribution >= 4 is 39.6 Å². The smallest absolute Gasteiger partial charge is 0.169 e. The van der Waals surface area contributed by atoms with E-state index in [4.69, 9.17) is 0 Å². The highest BCUT2D eigenvalue weighted by molar-refractivity contribution is 9.10. The van der Waals surface area contributed by atoms with Crippen molar-refractivity contribution in [1.29, 1.82) is 0 Å². The number of fused-ring (bicyclic) bond motifs is 1. The fraction of sp³-hybridized carbons (Fsp3) is 0. The van der Waals surface area contributed by atoms with E-state index in [1.165, 1.54) is 11.8 Å². The standard InChI is InChI=1S/C14H9BrN2OS/c15-10-5-1-2-6-12(10)19-14-11(9-18)17-8-4-3-7-13(17)16-14/h1-9H. The molecule has 0 aliphatic heterocycles. The Balaban J connectivity index is 2.10. The predicted molar refractivity (Wildman–Crippen MR) is 78.8 cm³/mol. The Morgan fingerprint density at radius 2 is 1.95 bits per heavy atom. The minimum Gasteiger partial charge on any atom is -0.296 e. The summed E-state index contributed by atoms with van der Waals surface area (Å²) < 4.78 is 2.79. The molecule has 0 N–H and O–H groups in total. The molecule has 0 saturated heterocycles. The molecule has 0 unspecified atom stereocenters. The summed E-state index contributed by atoms with van der Waals surface area (Å²) in [4.78, 5) is 16.8. The van der Waals surface area contributed by atoms with Gasteiger partial charge in [0.05, 0.1) is 0 Å². The minimum absolute atomic E-state index is 0.580. The van der Waals surface area contributed by atoms with E-state index in [2.05, 4.69) is 20.9 Å². The summed E-state index contributed by atoms with van der Waals surface area (Å²) in [5.41, 5.74) is 1.36. The number of pyridine rings is 1. The molecule has 0 aliphatic carbocycles. The number of nitrogens with zero attached hydrogens (tertiary/aromatic N) is 2. The molecule has 1 aromatic carbocycles. The minimum atomic E-state index is 0.580. The van der Waals surface area contributed by atoms with Crippen molar-refractivity contribution in [2.24, 2.45) is 0 Å². The second-order valence-corrected chi connectivity index (χ2v) is 5.77. The zero-order valence-corrected chi connectivity index (χ0v) is 12.2. The van der Waals surface area contributed by atoms with E-state index in [-0.39, 0.29) is 0 Å². The topological polar surface area (TPSA) is 34.4 Å². The fourth-order valence-corrected chi connectivity index (χ4v) is 3.25. The van der Waals surface area contributed by atoms with Gasteiger partial charge in [0, 0.05) is 15.6 Å². The second-order valence-electron chi connectivity index (χ2n) is 3.88. The van der Waals surface area contributed by atoms with Crippen molar-refractivity contribution in [3.05, 3.63) is 58.8 Å². The number of carbonyl (C=O) groups is 1. The molecule has 3 aromatic rings. The molecule has 0 fully saturated rings. The van der Waals surface area contributed by atoms with E-state index >= 15 is 0 Å². The molecule has 0 saturated carbocycles. The van der Waals surface area contributed by atoms with Crippen LogP contribution in [0.3, 0.4) is 0 Å². The van der Waals surface area contributed by atoms with Crippen molar-refractivity contribution in [2.45, 2.75) is 9.92 Å². The Hall–Kier alpha value is -1.59. The first kappa shape index (κ1) is 12.4. The number of rotatable bonds is 3. The van der Waals surface area contributed by atoms with Gasteiger partial charge in [-0.1, -0.05) is 30.0 Å². The quantitative estimate of drug-likeness (QED) is 0.678. The van der Waals surface area contributed by atoms with Crippen LogP contribution >= 0.6 is 27.7 Å². The Morgan fingerprint density at radius 3 is 2.74 bits per heavy atom. The zero-order chi connectivity index (χ0) is 13.2. The number of benzene rings is 1. The molecule has 19 heavy (non-hydrogen) atoms. The molecule has 0 spiro atoms. The van der Waals surface area contributed by atoms with Crippen LogP contribution in [0.1, 0.15) is 10.5 Å². The van der Waals surface area contributed by atoms with E-state index in [0.717, 1.165) is 21.3 Å². The molecule has 0 radical (unpaired) electrons. The largest absolute Gasteiger partial charge is 0.296 e. The number of hydrogen-bond donors (Lipinski definition) is 0. The molecule has 5 heteroatoms. The molecule has 0 bridgehead atoms. The van der Waals surface area contributed by atoms with Crippen LogP contribution in [-0.2, 0) is 0 Å². The highest BCUT2D eigenvalue weighted by Gasteiger charge is 2.13. The summed E-state index contributed by atoms with van der Waals surface area (Å²) in [5.74, 6) is 0. The lowest BCUT2D eigenvalue weighted by molar-refractivity contribution is 0.111. The maximum atomic E-state index is 11.3. The maximum Gasteiger partial charge on any atom is 0.169 e. The third-order valence-electron chi connectivity index (χ3n) is 2.69. The molecular formula is C14H9BrN2OS. The van der Waals surface area contributed by atoms with Gasteiger partial charge in [-0.2, -0.15) is 0 Å². The number of aromatic nitrogens is 2. The Morgan fingerprint density at radius 1 is 1.16 bits per heavy atom. The summed E-state index contributed by atoms with van der Waals surface area (Å²) in [5, 5.41) is 0.716. The summed E-state index contributed by atoms with van der Waals surface area (Å²) in [6, 6.07) is 13.6. The first-order chi connectivity index (χ1) is 9.29. The van der Waals surface area contributed by atoms with Gasteiger partial charge in [-0.05, 0) is 40.2 Å². The molecule has 3 nitrogen and oxygen atoms in total. The molecular weight excluding hydrogens is 324 g/mol. The van der Waals surface area contributed by atoms with Crippen molar-refractivity contribution in [2.75, 3.05) is 0 Å². The molecule has 94 valence electrons. The van der Waals surface area contributed by atoms with Gasteiger partial charge < -0.3 is 0 Å². The highest BCUT2D eigenvalue weighted by atomic mass is 79.9. The van der Waals surface area contributed by atoms with Crippen molar-refractivity contribution < 1.29 is 4.79 Å². The first-order valence-corrected chi connectivity index (χ1v) is 7.25. The van der Waals surface area contributed by atoms with Crippen LogP contribution < -0.4 is 0 Å². The van der Waals surface area contributed by atoms with Gasteiger partial charge in [-0.3, -0.25) is 9.20 Å². The van der Waals surface area contributed by atoms with Gasteiger partial charge >= 0.3 is 0 Å². The lowest BCUT2D eigenvalue weighted by atomic mass is 10.4. The summed E-state index contributed by atoms with van der Waals surface area (Å²) in [6.45, 7) is 0. The molecule has 0 amide bonds. The van der Waals surface area contributed by atoms with Crippen molar-refractivity contribution in [3.63, 3.8) is 0 Å². The SMILES string of the molecule is O=Cc1c(Sc2ccccc2Br)nc2ccccn12. The fourth-order valence-electron chi connectivity index (χ4n) is 1.81. The van der Waals surface area contributed by atoms with Gasteiger partial charge in [0.1, 0.15) is 16.4 Å². The van der Waals surface area contributed by atoms with E-state index in [1.54, 1.807) is 4.40 Å². The molecule has 2 aromatic heterocycles. The number of carbonyl (C=O) groups excluding carboxylic acids is 1. The van der Waals surface area contributed by atoms with E-state index in [9.17, 15) is 4.79 Å². The van der Waals surface area contributed by atoms with Crippen LogP contribution in [0.25, 0.3) is 5.65 Å². The van der Waals surface area contributed by atoms with Crippen LogP contribution in [-0.4, -0.2) is 15.7 Å². The third kappa shape index (κ3) is 2.31. The summed E-state index contributed by atoms with van der Waals surface area (Å²) >= 11 is 4.98. The summed E-state index contributed by atoms with van der Waals surface area (Å²) in [7, 11) is 0. The lowest BCUT2D eigenvalue weighted by Crippen LogP contribution is -1.90. The van der Waals surface area contributed by atoms with Gasteiger partial charge in [0.15, 0.2) is 6.29 Å². The summed E-state index contributed by atoms with van der Waals surface area (Å²) in [6.07, 6.45) is 2.69. The zero-order valence-electron chi connectivity index (χ0n) is 9.79. The van der Waals surface area contributed by atoms with Crippen LogP contribution in [0.15, 0.2) is 63.1 Å². The number of aldehydes is 1. The number of halogens is 1. The van der Waals surface area contributed by atoms with E-state index < -0.39 is 0 Å². The van der Waals surface area contributed by atoms with Gasteiger partial charge in [-0.25, -0.2) is 4.98 Å². The van der Waals surface area contributed by atoms with Gasteiger partial charge in [0.2, 0.25) is 0 Å². The second kappa shape index (κ2) is 5.19. The lowest BCUT2D eigenvalue weighted by Gasteiger charge is -2.01. The third-order valence-corrected chi connectivity index (χ3v) is 4.71. The van der Waals surface area contributed by atoms with E-state index in [0.29, 0.717) is 10.7 Å². The van der Waals surface area contributed by atoms with Crippen molar-refractivity contribution in [3.8, 4) is 0 Å². The predicted octanol–water partition coefficient (Wildman–Crippen LogP) is 4.06. The van der Waals surface area contributed by atoms with Crippen LogP contribution in [0, 0.1) is 0 Å². The molecule has 3 rings (SSSR count). The number of hydrogen-bond acceptors (Lipinski definition) is 3. The highest BCUT2D eigenvalue weighted by Crippen LogP contribution is 2.34.